The third-order valence-corrected chi connectivity index (χ3v) is 4.14. The molecule has 2 heterocycles. The summed E-state index contributed by atoms with van der Waals surface area (Å²) in [5, 5.41) is 19.5. The molecule has 1 atom stereocenters. The Morgan fingerprint density at radius 2 is 2.14 bits per heavy atom. The van der Waals surface area contributed by atoms with Gasteiger partial charge in [-0.25, -0.2) is 4.98 Å². The van der Waals surface area contributed by atoms with Gasteiger partial charge < -0.3 is 14.9 Å². The number of aliphatic hydroxyl groups excluding tert-OH is 1. The number of rotatable bonds is 5. The number of β-amino-alcohol motifs (C(OH)–C–C–N with tert-alkyl or cyclic N) is 1. The van der Waals surface area contributed by atoms with Gasteiger partial charge in [-0.1, -0.05) is 11.6 Å². The van der Waals surface area contributed by atoms with Crippen LogP contribution in [0.25, 0.3) is 0 Å². The van der Waals surface area contributed by atoms with Crippen molar-refractivity contribution < 1.29 is 5.11 Å². The molecule has 0 radical (unpaired) electrons. The Balaban J connectivity index is 1.88. The highest BCUT2D eigenvalue weighted by Crippen LogP contribution is 2.23. The molecule has 1 aromatic rings. The van der Waals surface area contributed by atoms with Crippen molar-refractivity contribution in [2.45, 2.75) is 6.10 Å². The van der Waals surface area contributed by atoms with Crippen molar-refractivity contribution in [1.82, 2.24) is 14.8 Å². The van der Waals surface area contributed by atoms with Crippen LogP contribution in [-0.4, -0.2) is 79.4 Å². The zero-order valence-corrected chi connectivity index (χ0v) is 13.8. The Morgan fingerprint density at radius 3 is 2.73 bits per heavy atom. The number of nitriles is 1. The van der Waals surface area contributed by atoms with Gasteiger partial charge in [-0.3, -0.25) is 4.90 Å². The Kier molecular flexibility index (Phi) is 5.98. The van der Waals surface area contributed by atoms with Crippen molar-refractivity contribution in [2.24, 2.45) is 0 Å². The minimum atomic E-state index is -0.470. The van der Waals surface area contributed by atoms with E-state index in [-0.39, 0.29) is 0 Å². The maximum atomic E-state index is 10.3. The fourth-order valence-electron chi connectivity index (χ4n) is 2.56. The molecule has 0 aliphatic carbocycles. The molecule has 0 unspecified atom stereocenters. The molecule has 1 aliphatic heterocycles. The minimum Gasteiger partial charge on any atom is -0.390 e. The topological polar surface area (TPSA) is 66.6 Å². The Morgan fingerprint density at radius 1 is 1.45 bits per heavy atom. The fraction of sp³-hybridized carbons (Fsp3) is 0.600. The summed E-state index contributed by atoms with van der Waals surface area (Å²) in [7, 11) is 3.95. The van der Waals surface area contributed by atoms with E-state index in [1.165, 1.54) is 6.20 Å². The molecule has 1 N–H and O–H groups in total. The van der Waals surface area contributed by atoms with Crippen LogP contribution in [0.3, 0.4) is 0 Å². The van der Waals surface area contributed by atoms with Crippen molar-refractivity contribution >= 4 is 17.4 Å². The number of aromatic nitrogens is 1. The summed E-state index contributed by atoms with van der Waals surface area (Å²) in [6.45, 7) is 5.12. The number of likely N-dealkylation sites (N-methyl/N-ethyl adjacent to an activating group) is 2. The zero-order chi connectivity index (χ0) is 16.1. The molecule has 120 valence electrons. The summed E-state index contributed by atoms with van der Waals surface area (Å²) in [5.41, 5.74) is 0.431. The number of halogens is 1. The number of anilines is 1. The normalized spacial score (nSPS) is 18.0. The lowest BCUT2D eigenvalue weighted by atomic mass is 10.2. The summed E-state index contributed by atoms with van der Waals surface area (Å²) in [6.07, 6.45) is 1.02. The molecule has 0 amide bonds. The molecular weight excluding hydrogens is 302 g/mol. The molecule has 0 bridgehead atoms. The molecule has 1 aromatic heterocycles. The monoisotopic (exact) mass is 323 g/mol. The van der Waals surface area contributed by atoms with Gasteiger partial charge in [-0.05, 0) is 13.1 Å². The first-order valence-corrected chi connectivity index (χ1v) is 7.73. The molecule has 1 aliphatic rings. The second-order valence-electron chi connectivity index (χ2n) is 5.78. The number of nitrogens with zero attached hydrogens (tertiary/aromatic N) is 5. The van der Waals surface area contributed by atoms with Gasteiger partial charge in [0, 0.05) is 52.5 Å². The molecule has 22 heavy (non-hydrogen) atoms. The number of aliphatic hydroxyl groups is 1. The first-order chi connectivity index (χ1) is 10.5. The molecule has 0 saturated carbocycles. The third-order valence-electron chi connectivity index (χ3n) is 3.86. The second-order valence-corrected chi connectivity index (χ2v) is 6.19. The summed E-state index contributed by atoms with van der Waals surface area (Å²) < 4.78 is 0. The average Bonchev–Trinajstić information content (AvgIpc) is 2.49. The van der Waals surface area contributed by atoms with Crippen molar-refractivity contribution in [3.05, 3.63) is 22.8 Å². The maximum Gasteiger partial charge on any atom is 0.147 e. The van der Waals surface area contributed by atoms with Crippen LogP contribution in [0, 0.1) is 11.3 Å². The summed E-state index contributed by atoms with van der Waals surface area (Å²) >= 11 is 6.14. The maximum absolute atomic E-state index is 10.3. The van der Waals surface area contributed by atoms with Gasteiger partial charge >= 0.3 is 0 Å². The predicted molar refractivity (Wildman–Crippen MR) is 87.2 cm³/mol. The van der Waals surface area contributed by atoms with Gasteiger partial charge in [0.05, 0.1) is 16.7 Å². The van der Waals surface area contributed by atoms with Gasteiger partial charge in [0.1, 0.15) is 11.9 Å². The first-order valence-electron chi connectivity index (χ1n) is 7.35. The van der Waals surface area contributed by atoms with E-state index < -0.39 is 6.10 Å². The Hall–Kier alpha value is -1.39. The number of pyridine rings is 1. The lowest BCUT2D eigenvalue weighted by Gasteiger charge is -2.34. The molecule has 0 aromatic carbocycles. The number of hydrogen-bond acceptors (Lipinski definition) is 6. The van der Waals surface area contributed by atoms with Crippen LogP contribution in [0.4, 0.5) is 5.82 Å². The average molecular weight is 324 g/mol. The van der Waals surface area contributed by atoms with E-state index >= 15 is 0 Å². The molecule has 6 nitrogen and oxygen atoms in total. The number of piperazine rings is 1. The highest BCUT2D eigenvalue weighted by Gasteiger charge is 2.19. The summed E-state index contributed by atoms with van der Waals surface area (Å²) in [5.74, 6) is 0.582. The third kappa shape index (κ3) is 4.55. The molecule has 1 fully saturated rings. The Labute approximate surface area is 136 Å². The molecule has 1 saturated heterocycles. The van der Waals surface area contributed by atoms with E-state index in [1.54, 1.807) is 6.07 Å². The van der Waals surface area contributed by atoms with Crippen LogP contribution in [0.1, 0.15) is 5.56 Å². The zero-order valence-electron chi connectivity index (χ0n) is 13.0. The lowest BCUT2D eigenvalue weighted by molar-refractivity contribution is 0.0842. The molecule has 7 heteroatoms. The SMILES string of the molecule is CN1CCN(C[C@@H](O)CN(C)c2ncc(C#N)cc2Cl)CC1. The van der Waals surface area contributed by atoms with E-state index in [0.717, 1.165) is 26.2 Å². The van der Waals surface area contributed by atoms with E-state index in [9.17, 15) is 5.11 Å². The highest BCUT2D eigenvalue weighted by atomic mass is 35.5. The van der Waals surface area contributed by atoms with Crippen molar-refractivity contribution in [1.29, 1.82) is 5.26 Å². The molecular formula is C15H22ClN5O. The molecule has 0 spiro atoms. The minimum absolute atomic E-state index is 0.424. The summed E-state index contributed by atoms with van der Waals surface area (Å²) in [6, 6.07) is 3.60. The number of hydrogen-bond donors (Lipinski definition) is 1. The van der Waals surface area contributed by atoms with Crippen LogP contribution in [0.15, 0.2) is 12.3 Å². The van der Waals surface area contributed by atoms with E-state index in [0.29, 0.717) is 29.5 Å². The van der Waals surface area contributed by atoms with Crippen LogP contribution in [0.5, 0.6) is 0 Å². The predicted octanol–water partition coefficient (Wildman–Crippen LogP) is 0.651. The van der Waals surface area contributed by atoms with Crippen LogP contribution in [-0.2, 0) is 0 Å². The second kappa shape index (κ2) is 7.75. The fourth-order valence-corrected chi connectivity index (χ4v) is 2.87. The molecule has 2 rings (SSSR count). The van der Waals surface area contributed by atoms with Crippen molar-refractivity contribution in [2.75, 3.05) is 58.3 Å². The lowest BCUT2D eigenvalue weighted by Crippen LogP contribution is -2.48. The van der Waals surface area contributed by atoms with Gasteiger partial charge in [0.2, 0.25) is 0 Å². The van der Waals surface area contributed by atoms with Crippen LogP contribution >= 0.6 is 11.6 Å². The van der Waals surface area contributed by atoms with Crippen molar-refractivity contribution in [3.63, 3.8) is 0 Å². The van der Waals surface area contributed by atoms with Gasteiger partial charge in [-0.15, -0.1) is 0 Å². The standard InChI is InChI=1S/C15H22ClN5O/c1-19-3-5-21(6-4-19)11-13(22)10-20(2)15-14(16)7-12(8-17)9-18-15/h7,9,13,22H,3-6,10-11H2,1-2H3/t13-/m0/s1. The highest BCUT2D eigenvalue weighted by molar-refractivity contribution is 6.33. The van der Waals surface area contributed by atoms with Gasteiger partial charge in [-0.2, -0.15) is 5.26 Å². The van der Waals surface area contributed by atoms with Gasteiger partial charge in [0.15, 0.2) is 0 Å². The first kappa shape index (κ1) is 17.0. The van der Waals surface area contributed by atoms with Crippen LogP contribution in [0.2, 0.25) is 5.02 Å². The quantitative estimate of drug-likeness (QED) is 0.858. The largest absolute Gasteiger partial charge is 0.390 e. The van der Waals surface area contributed by atoms with E-state index in [1.807, 2.05) is 18.0 Å². The smallest absolute Gasteiger partial charge is 0.147 e. The summed E-state index contributed by atoms with van der Waals surface area (Å²) in [4.78, 5) is 10.6. The Bertz CT molecular complexity index is 539. The van der Waals surface area contributed by atoms with Crippen molar-refractivity contribution in [3.8, 4) is 6.07 Å². The van der Waals surface area contributed by atoms with Gasteiger partial charge in [0.25, 0.3) is 0 Å². The van der Waals surface area contributed by atoms with E-state index in [4.69, 9.17) is 16.9 Å². The van der Waals surface area contributed by atoms with Crippen LogP contribution < -0.4 is 4.90 Å². The van der Waals surface area contributed by atoms with E-state index in [2.05, 4.69) is 21.8 Å².